The average molecular weight is 559 g/mol. The van der Waals surface area contributed by atoms with E-state index in [-0.39, 0.29) is 24.0 Å². The first kappa shape index (κ1) is 28.3. The Balaban J connectivity index is 1.07. The maximum Gasteiger partial charge on any atom is 0.270 e. The molecule has 0 saturated carbocycles. The molecule has 0 spiro atoms. The second-order valence-electron chi connectivity index (χ2n) is 10.6. The SMILES string of the molecule is N#Cc1ccc(CN2CCC(NC(=O)c3ccc(C(=O)N4CCN(Cc5ccc(F)cc5)CC4)cn3)C(F)C2)cc1. The normalized spacial score (nSPS) is 19.9. The van der Waals surface area contributed by atoms with Gasteiger partial charge in [0.25, 0.3) is 11.8 Å². The van der Waals surface area contributed by atoms with Crippen LogP contribution in [-0.4, -0.2) is 83.0 Å². The third-order valence-corrected chi connectivity index (χ3v) is 7.65. The summed E-state index contributed by atoms with van der Waals surface area (Å²) in [7, 11) is 0. The van der Waals surface area contributed by atoms with Crippen molar-refractivity contribution in [1.29, 1.82) is 5.26 Å². The molecule has 2 atom stereocenters. The van der Waals surface area contributed by atoms with Crippen molar-refractivity contribution in [2.24, 2.45) is 0 Å². The van der Waals surface area contributed by atoms with E-state index < -0.39 is 18.1 Å². The number of hydrogen-bond donors (Lipinski definition) is 1. The summed E-state index contributed by atoms with van der Waals surface area (Å²) in [6.45, 7) is 4.62. The molecule has 2 unspecified atom stereocenters. The van der Waals surface area contributed by atoms with Crippen LogP contribution in [0.4, 0.5) is 8.78 Å². The second-order valence-corrected chi connectivity index (χ2v) is 10.6. The van der Waals surface area contributed by atoms with Gasteiger partial charge in [0.1, 0.15) is 17.7 Å². The van der Waals surface area contributed by atoms with Crippen LogP contribution in [0.5, 0.6) is 0 Å². The number of piperidine rings is 1. The van der Waals surface area contributed by atoms with Gasteiger partial charge in [0.15, 0.2) is 0 Å². The molecule has 0 radical (unpaired) electrons. The topological polar surface area (TPSA) is 92.6 Å². The van der Waals surface area contributed by atoms with Crippen LogP contribution in [0, 0.1) is 17.1 Å². The molecule has 2 aliphatic rings. The van der Waals surface area contributed by atoms with E-state index in [2.05, 4.69) is 21.3 Å². The third kappa shape index (κ3) is 7.31. The van der Waals surface area contributed by atoms with Crippen LogP contribution >= 0.6 is 0 Å². The molecular formula is C31H32F2N6O2. The van der Waals surface area contributed by atoms with Gasteiger partial charge in [-0.3, -0.25) is 24.4 Å². The third-order valence-electron chi connectivity index (χ3n) is 7.65. The van der Waals surface area contributed by atoms with Gasteiger partial charge in [-0.25, -0.2) is 8.78 Å². The number of piperazine rings is 1. The van der Waals surface area contributed by atoms with Crippen LogP contribution < -0.4 is 5.32 Å². The molecule has 3 heterocycles. The number of hydrogen-bond acceptors (Lipinski definition) is 6. The average Bonchev–Trinajstić information content (AvgIpc) is 3.00. The van der Waals surface area contributed by atoms with E-state index in [0.717, 1.165) is 11.1 Å². The maximum atomic E-state index is 14.9. The fraction of sp³-hybridized carbons (Fsp3) is 0.355. The van der Waals surface area contributed by atoms with Crippen molar-refractivity contribution in [2.75, 3.05) is 39.3 Å². The van der Waals surface area contributed by atoms with E-state index in [1.54, 1.807) is 35.2 Å². The first-order valence-electron chi connectivity index (χ1n) is 13.8. The number of carbonyl (C=O) groups is 2. The molecule has 5 rings (SSSR count). The van der Waals surface area contributed by atoms with Crippen molar-refractivity contribution < 1.29 is 18.4 Å². The Kier molecular flexibility index (Phi) is 8.97. The summed E-state index contributed by atoms with van der Waals surface area (Å²) in [5.41, 5.74) is 3.15. The Hall–Kier alpha value is -4.20. The number of nitrogens with zero attached hydrogens (tertiary/aromatic N) is 5. The molecular weight excluding hydrogens is 526 g/mol. The Morgan fingerprint density at radius 1 is 0.902 bits per heavy atom. The van der Waals surface area contributed by atoms with Gasteiger partial charge in [0.2, 0.25) is 0 Å². The number of pyridine rings is 1. The van der Waals surface area contributed by atoms with Gasteiger partial charge in [0.05, 0.1) is 23.2 Å². The zero-order chi connectivity index (χ0) is 28.8. The number of likely N-dealkylation sites (tertiary alicyclic amines) is 1. The fourth-order valence-corrected chi connectivity index (χ4v) is 5.25. The summed E-state index contributed by atoms with van der Waals surface area (Å²) >= 11 is 0. The van der Waals surface area contributed by atoms with E-state index in [4.69, 9.17) is 5.26 Å². The number of rotatable bonds is 7. The van der Waals surface area contributed by atoms with Crippen molar-refractivity contribution in [3.8, 4) is 6.07 Å². The quantitative estimate of drug-likeness (QED) is 0.478. The number of nitriles is 1. The minimum Gasteiger partial charge on any atom is -0.345 e. The lowest BCUT2D eigenvalue weighted by Crippen LogP contribution is -2.52. The molecule has 41 heavy (non-hydrogen) atoms. The van der Waals surface area contributed by atoms with Crippen molar-refractivity contribution in [1.82, 2.24) is 25.0 Å². The van der Waals surface area contributed by atoms with Crippen molar-refractivity contribution >= 4 is 11.8 Å². The highest BCUT2D eigenvalue weighted by Crippen LogP contribution is 2.18. The van der Waals surface area contributed by atoms with Crippen molar-refractivity contribution in [3.63, 3.8) is 0 Å². The number of carbonyl (C=O) groups excluding carboxylic acids is 2. The van der Waals surface area contributed by atoms with Crippen LogP contribution in [0.25, 0.3) is 0 Å². The van der Waals surface area contributed by atoms with Gasteiger partial charge in [-0.2, -0.15) is 5.26 Å². The first-order valence-corrected chi connectivity index (χ1v) is 13.8. The van der Waals surface area contributed by atoms with Crippen LogP contribution in [0.2, 0.25) is 0 Å². The van der Waals surface area contributed by atoms with E-state index in [1.165, 1.54) is 24.4 Å². The molecule has 3 aromatic rings. The zero-order valence-corrected chi connectivity index (χ0v) is 22.7. The molecule has 2 saturated heterocycles. The highest BCUT2D eigenvalue weighted by molar-refractivity contribution is 5.96. The number of benzene rings is 2. The molecule has 2 fully saturated rings. The minimum absolute atomic E-state index is 0.137. The monoisotopic (exact) mass is 558 g/mol. The largest absolute Gasteiger partial charge is 0.345 e. The van der Waals surface area contributed by atoms with Crippen LogP contribution in [-0.2, 0) is 13.1 Å². The highest BCUT2D eigenvalue weighted by atomic mass is 19.1. The van der Waals surface area contributed by atoms with E-state index in [1.807, 2.05) is 17.0 Å². The van der Waals surface area contributed by atoms with Crippen LogP contribution in [0.3, 0.4) is 0 Å². The number of aromatic nitrogens is 1. The lowest BCUT2D eigenvalue weighted by molar-refractivity contribution is 0.0627. The lowest BCUT2D eigenvalue weighted by Gasteiger charge is -2.35. The molecule has 2 amide bonds. The van der Waals surface area contributed by atoms with Crippen molar-refractivity contribution in [2.45, 2.75) is 31.7 Å². The molecule has 0 bridgehead atoms. The fourth-order valence-electron chi connectivity index (χ4n) is 5.25. The van der Waals surface area contributed by atoms with Gasteiger partial charge in [-0.05, 0) is 53.9 Å². The maximum absolute atomic E-state index is 14.9. The van der Waals surface area contributed by atoms with Gasteiger partial charge in [0, 0.05) is 58.6 Å². The summed E-state index contributed by atoms with van der Waals surface area (Å²) < 4.78 is 28.1. The van der Waals surface area contributed by atoms with Gasteiger partial charge >= 0.3 is 0 Å². The van der Waals surface area contributed by atoms with Gasteiger partial charge in [-0.1, -0.05) is 24.3 Å². The molecule has 2 aliphatic heterocycles. The van der Waals surface area contributed by atoms with Gasteiger partial charge in [-0.15, -0.1) is 0 Å². The Bertz CT molecular complexity index is 1380. The molecule has 2 aromatic carbocycles. The zero-order valence-electron chi connectivity index (χ0n) is 22.7. The van der Waals surface area contributed by atoms with E-state index in [0.29, 0.717) is 63.4 Å². The highest BCUT2D eigenvalue weighted by Gasteiger charge is 2.31. The smallest absolute Gasteiger partial charge is 0.270 e. The first-order chi connectivity index (χ1) is 19.9. The summed E-state index contributed by atoms with van der Waals surface area (Å²) in [6.07, 6.45) is 0.635. The van der Waals surface area contributed by atoms with Gasteiger partial charge < -0.3 is 10.2 Å². The van der Waals surface area contributed by atoms with Crippen LogP contribution in [0.1, 0.15) is 44.0 Å². The Labute approximate surface area is 238 Å². The Morgan fingerprint density at radius 2 is 1.56 bits per heavy atom. The molecule has 1 aromatic heterocycles. The number of halogens is 2. The second kappa shape index (κ2) is 13.0. The van der Waals surface area contributed by atoms with Crippen molar-refractivity contribution in [3.05, 3.63) is 101 Å². The van der Waals surface area contributed by atoms with Crippen LogP contribution in [0.15, 0.2) is 66.9 Å². The summed E-state index contributed by atoms with van der Waals surface area (Å²) in [4.78, 5) is 35.9. The van der Waals surface area contributed by atoms with E-state index in [9.17, 15) is 18.4 Å². The predicted octanol–water partition coefficient (Wildman–Crippen LogP) is 3.39. The minimum atomic E-state index is -1.23. The predicted molar refractivity (Wildman–Crippen MR) is 149 cm³/mol. The number of nitrogens with one attached hydrogen (secondary N) is 1. The molecule has 1 N–H and O–H groups in total. The molecule has 212 valence electrons. The standard InChI is InChI=1S/C31H32F2N6O2/c32-26-8-5-24(6-9-26)19-37-13-15-39(16-14-37)31(41)25-7-10-29(35-18-25)30(40)36-28-11-12-38(21-27(28)33)20-23-3-1-22(17-34)2-4-23/h1-10,18,27-28H,11-16,19-21H2,(H,36,40). The summed E-state index contributed by atoms with van der Waals surface area (Å²) in [5.74, 6) is -0.874. The molecule has 10 heteroatoms. The van der Waals surface area contributed by atoms with E-state index >= 15 is 0 Å². The summed E-state index contributed by atoms with van der Waals surface area (Å²) in [5, 5.41) is 11.7. The number of alkyl halides is 1. The molecule has 0 aliphatic carbocycles. The summed E-state index contributed by atoms with van der Waals surface area (Å²) in [6, 6.07) is 18.2. The molecule has 8 nitrogen and oxygen atoms in total. The lowest BCUT2D eigenvalue weighted by atomic mass is 10.0. The Morgan fingerprint density at radius 3 is 2.17 bits per heavy atom. The number of amides is 2.